The Morgan fingerprint density at radius 2 is 2.00 bits per heavy atom. The van der Waals surface area contributed by atoms with E-state index in [4.69, 9.17) is 0 Å². The molecule has 0 bridgehead atoms. The minimum absolute atomic E-state index is 0.00281. The Hall–Kier alpha value is -0.610. The van der Waals surface area contributed by atoms with E-state index in [1.165, 1.54) is 12.8 Å². The number of hydrogen-bond donors (Lipinski definition) is 2. The molecule has 1 rings (SSSR count). The van der Waals surface area contributed by atoms with Crippen molar-refractivity contribution >= 4 is 5.91 Å². The van der Waals surface area contributed by atoms with Crippen molar-refractivity contribution in [3.05, 3.63) is 0 Å². The Kier molecular flexibility index (Phi) is 8.93. The first-order valence-electron chi connectivity index (χ1n) is 8.89. The highest BCUT2D eigenvalue weighted by atomic mass is 16.2. The smallest absolute Gasteiger partial charge is 0.237 e. The van der Waals surface area contributed by atoms with Crippen molar-refractivity contribution in [1.29, 1.82) is 0 Å². The number of unbranched alkanes of at least 4 members (excludes halogenated alkanes) is 1. The van der Waals surface area contributed by atoms with Crippen LogP contribution in [-0.2, 0) is 4.79 Å². The summed E-state index contributed by atoms with van der Waals surface area (Å²) in [4.78, 5) is 14.6. The van der Waals surface area contributed by atoms with E-state index in [0.717, 1.165) is 45.4 Å². The van der Waals surface area contributed by atoms with Crippen LogP contribution in [0.4, 0.5) is 0 Å². The lowest BCUT2D eigenvalue weighted by atomic mass is 9.89. The maximum atomic E-state index is 12.2. The summed E-state index contributed by atoms with van der Waals surface area (Å²) >= 11 is 0. The van der Waals surface area contributed by atoms with Crippen molar-refractivity contribution in [1.82, 2.24) is 15.5 Å². The van der Waals surface area contributed by atoms with Crippen LogP contribution in [0.3, 0.4) is 0 Å². The molecule has 1 fully saturated rings. The molecule has 1 amide bonds. The summed E-state index contributed by atoms with van der Waals surface area (Å²) in [5.74, 6) is 0.856. The molecule has 3 atom stereocenters. The zero-order chi connectivity index (χ0) is 15.7. The number of rotatable bonds is 9. The summed E-state index contributed by atoms with van der Waals surface area (Å²) in [5, 5.41) is 6.74. The number of piperidine rings is 1. The predicted molar refractivity (Wildman–Crippen MR) is 89.4 cm³/mol. The fourth-order valence-corrected chi connectivity index (χ4v) is 3.13. The molecule has 2 N–H and O–H groups in total. The summed E-state index contributed by atoms with van der Waals surface area (Å²) in [6, 6.07) is 0.629. The second kappa shape index (κ2) is 10.2. The van der Waals surface area contributed by atoms with Gasteiger partial charge in [-0.1, -0.05) is 33.6 Å². The average molecular weight is 297 g/mol. The number of nitrogens with one attached hydrogen (secondary N) is 2. The zero-order valence-electron chi connectivity index (χ0n) is 14.5. The Bertz CT molecular complexity index is 296. The topological polar surface area (TPSA) is 44.4 Å². The fraction of sp³-hybridized carbons (Fsp3) is 0.941. The van der Waals surface area contributed by atoms with Gasteiger partial charge in [-0.25, -0.2) is 0 Å². The molecular weight excluding hydrogens is 262 g/mol. The Labute approximate surface area is 131 Å². The van der Waals surface area contributed by atoms with Gasteiger partial charge in [0.1, 0.15) is 0 Å². The minimum atomic E-state index is 0.00281. The van der Waals surface area contributed by atoms with E-state index in [0.29, 0.717) is 12.0 Å². The summed E-state index contributed by atoms with van der Waals surface area (Å²) in [7, 11) is 0. The molecule has 1 heterocycles. The molecular formula is C17H35N3O. The van der Waals surface area contributed by atoms with Crippen LogP contribution in [0.2, 0.25) is 0 Å². The lowest BCUT2D eigenvalue weighted by molar-refractivity contribution is -0.126. The van der Waals surface area contributed by atoms with Crippen molar-refractivity contribution in [2.75, 3.05) is 26.2 Å². The van der Waals surface area contributed by atoms with Gasteiger partial charge < -0.3 is 10.6 Å². The highest BCUT2D eigenvalue weighted by Gasteiger charge is 2.31. The van der Waals surface area contributed by atoms with E-state index in [-0.39, 0.29) is 11.9 Å². The third-order valence-electron chi connectivity index (χ3n) is 4.70. The number of amides is 1. The molecule has 1 saturated heterocycles. The number of carbonyl (C=O) groups is 1. The van der Waals surface area contributed by atoms with Gasteiger partial charge in [-0.3, -0.25) is 9.69 Å². The van der Waals surface area contributed by atoms with Crippen molar-refractivity contribution in [2.24, 2.45) is 5.92 Å². The van der Waals surface area contributed by atoms with Gasteiger partial charge in [0.25, 0.3) is 0 Å². The summed E-state index contributed by atoms with van der Waals surface area (Å²) in [6.07, 6.45) is 5.72. The molecule has 0 radical (unpaired) electrons. The van der Waals surface area contributed by atoms with Crippen LogP contribution < -0.4 is 10.6 Å². The quantitative estimate of drug-likeness (QED) is 0.642. The van der Waals surface area contributed by atoms with Crippen molar-refractivity contribution in [3.8, 4) is 0 Å². The maximum absolute atomic E-state index is 12.2. The van der Waals surface area contributed by atoms with Crippen molar-refractivity contribution < 1.29 is 4.79 Å². The van der Waals surface area contributed by atoms with Crippen LogP contribution in [-0.4, -0.2) is 49.1 Å². The molecule has 0 aromatic rings. The third kappa shape index (κ3) is 5.95. The Morgan fingerprint density at radius 3 is 2.62 bits per heavy atom. The van der Waals surface area contributed by atoms with E-state index in [1.54, 1.807) is 0 Å². The fourth-order valence-electron chi connectivity index (χ4n) is 3.13. The van der Waals surface area contributed by atoms with E-state index < -0.39 is 0 Å². The molecule has 0 aliphatic carbocycles. The van der Waals surface area contributed by atoms with Gasteiger partial charge in [-0.2, -0.15) is 0 Å². The molecule has 3 unspecified atom stereocenters. The second-order valence-corrected chi connectivity index (χ2v) is 6.33. The molecule has 0 aromatic heterocycles. The van der Waals surface area contributed by atoms with Gasteiger partial charge in [-0.05, 0) is 38.6 Å². The summed E-state index contributed by atoms with van der Waals surface area (Å²) in [6.45, 7) is 12.7. The summed E-state index contributed by atoms with van der Waals surface area (Å²) < 4.78 is 0. The van der Waals surface area contributed by atoms with Crippen LogP contribution in [0.1, 0.15) is 59.8 Å². The van der Waals surface area contributed by atoms with Crippen LogP contribution in [0, 0.1) is 5.92 Å². The van der Waals surface area contributed by atoms with Gasteiger partial charge >= 0.3 is 0 Å². The molecule has 0 aromatic carbocycles. The first kappa shape index (κ1) is 18.4. The molecule has 4 nitrogen and oxygen atoms in total. The van der Waals surface area contributed by atoms with Crippen molar-refractivity contribution in [3.63, 3.8) is 0 Å². The molecule has 1 aliphatic heterocycles. The van der Waals surface area contributed by atoms with E-state index in [1.807, 2.05) is 6.92 Å². The third-order valence-corrected chi connectivity index (χ3v) is 4.70. The maximum Gasteiger partial charge on any atom is 0.237 e. The first-order valence-corrected chi connectivity index (χ1v) is 8.89. The molecule has 124 valence electrons. The van der Waals surface area contributed by atoms with Gasteiger partial charge in [0.2, 0.25) is 5.91 Å². The molecule has 21 heavy (non-hydrogen) atoms. The normalized spacial score (nSPS) is 24.8. The summed E-state index contributed by atoms with van der Waals surface area (Å²) in [5.41, 5.74) is 0. The van der Waals surface area contributed by atoms with Gasteiger partial charge in [0.05, 0.1) is 6.04 Å². The lowest BCUT2D eigenvalue weighted by Crippen LogP contribution is -2.55. The standard InChI is InChI=1S/C17H35N3O/c1-5-8-11-19-17(21)14(4)20-12-9-16(18-10-6-2)15(7-3)13-20/h14-16,18H,5-13H2,1-4H3,(H,19,21). The van der Waals surface area contributed by atoms with Crippen LogP contribution >= 0.6 is 0 Å². The largest absolute Gasteiger partial charge is 0.355 e. The van der Waals surface area contributed by atoms with Gasteiger partial charge in [0.15, 0.2) is 0 Å². The number of likely N-dealkylation sites (tertiary alicyclic amines) is 1. The highest BCUT2D eigenvalue weighted by Crippen LogP contribution is 2.22. The minimum Gasteiger partial charge on any atom is -0.355 e. The first-order chi connectivity index (χ1) is 10.1. The van der Waals surface area contributed by atoms with E-state index in [2.05, 4.69) is 36.3 Å². The van der Waals surface area contributed by atoms with Crippen molar-refractivity contribution in [2.45, 2.75) is 71.9 Å². The van der Waals surface area contributed by atoms with E-state index >= 15 is 0 Å². The Morgan fingerprint density at radius 1 is 1.24 bits per heavy atom. The predicted octanol–water partition coefficient (Wildman–Crippen LogP) is 2.39. The molecule has 0 saturated carbocycles. The number of carbonyl (C=O) groups excluding carboxylic acids is 1. The average Bonchev–Trinajstić information content (AvgIpc) is 2.52. The Balaban J connectivity index is 2.44. The number of nitrogens with zero attached hydrogens (tertiary/aromatic N) is 1. The monoisotopic (exact) mass is 297 g/mol. The van der Waals surface area contributed by atoms with Crippen LogP contribution in [0.15, 0.2) is 0 Å². The molecule has 4 heteroatoms. The lowest BCUT2D eigenvalue weighted by Gasteiger charge is -2.41. The van der Waals surface area contributed by atoms with Gasteiger partial charge in [0, 0.05) is 25.7 Å². The SMILES string of the molecule is CCCCNC(=O)C(C)N1CCC(NCCC)C(CC)C1. The molecule has 0 spiro atoms. The van der Waals surface area contributed by atoms with Gasteiger partial charge in [-0.15, -0.1) is 0 Å². The van der Waals surface area contributed by atoms with E-state index in [9.17, 15) is 4.79 Å². The van der Waals surface area contributed by atoms with Crippen LogP contribution in [0.5, 0.6) is 0 Å². The van der Waals surface area contributed by atoms with Crippen LogP contribution in [0.25, 0.3) is 0 Å². The highest BCUT2D eigenvalue weighted by molar-refractivity contribution is 5.81. The number of hydrogen-bond acceptors (Lipinski definition) is 3. The zero-order valence-corrected chi connectivity index (χ0v) is 14.5. The molecule has 1 aliphatic rings. The second-order valence-electron chi connectivity index (χ2n) is 6.33.